The van der Waals surface area contributed by atoms with Crippen molar-refractivity contribution >= 4 is 5.91 Å². The van der Waals surface area contributed by atoms with Crippen molar-refractivity contribution in [1.82, 2.24) is 14.9 Å². The molecule has 1 aliphatic carbocycles. The van der Waals surface area contributed by atoms with Crippen LogP contribution in [0.5, 0.6) is 0 Å². The zero-order chi connectivity index (χ0) is 22.6. The van der Waals surface area contributed by atoms with E-state index in [-0.39, 0.29) is 23.1 Å². The van der Waals surface area contributed by atoms with Gasteiger partial charge in [0.2, 0.25) is 0 Å². The van der Waals surface area contributed by atoms with Crippen LogP contribution in [0.2, 0.25) is 0 Å². The van der Waals surface area contributed by atoms with E-state index >= 15 is 0 Å². The molecule has 2 aliphatic rings. The normalized spacial score (nSPS) is 18.4. The third kappa shape index (κ3) is 4.91. The predicted molar refractivity (Wildman–Crippen MR) is 126 cm³/mol. The minimum Gasteiger partial charge on any atom is -0.368 e. The molecule has 0 radical (unpaired) electrons. The van der Waals surface area contributed by atoms with E-state index in [4.69, 9.17) is 9.72 Å². The molecular formula is C27H29N3O3. The molecule has 5 rings (SSSR count). The van der Waals surface area contributed by atoms with Crippen LogP contribution in [0.25, 0.3) is 0 Å². The highest BCUT2D eigenvalue weighted by Crippen LogP contribution is 2.24. The molecule has 1 fully saturated rings. The largest absolute Gasteiger partial charge is 0.368 e. The van der Waals surface area contributed by atoms with Crippen LogP contribution in [-0.2, 0) is 24.0 Å². The highest BCUT2D eigenvalue weighted by molar-refractivity contribution is 5.94. The lowest BCUT2D eigenvalue weighted by Crippen LogP contribution is -2.44. The van der Waals surface area contributed by atoms with Gasteiger partial charge in [-0.1, -0.05) is 42.8 Å². The maximum Gasteiger partial charge on any atom is 0.261 e. The van der Waals surface area contributed by atoms with Crippen LogP contribution in [0.4, 0.5) is 0 Å². The molecule has 0 spiro atoms. The van der Waals surface area contributed by atoms with Crippen LogP contribution >= 0.6 is 0 Å². The lowest BCUT2D eigenvalue weighted by Gasteiger charge is -2.32. The Hall–Kier alpha value is -3.25. The van der Waals surface area contributed by atoms with Gasteiger partial charge in [-0.15, -0.1) is 0 Å². The van der Waals surface area contributed by atoms with Gasteiger partial charge in [-0.2, -0.15) is 0 Å². The van der Waals surface area contributed by atoms with E-state index in [2.05, 4.69) is 17.1 Å². The second-order valence-corrected chi connectivity index (χ2v) is 8.90. The average Bonchev–Trinajstić information content (AvgIpc) is 3.09. The number of hydrogen-bond acceptors (Lipinski definition) is 4. The lowest BCUT2D eigenvalue weighted by molar-refractivity contribution is -0.0248. The van der Waals surface area contributed by atoms with Crippen LogP contribution in [-0.4, -0.2) is 40.5 Å². The summed E-state index contributed by atoms with van der Waals surface area (Å²) in [6, 6.07) is 18.0. The van der Waals surface area contributed by atoms with Gasteiger partial charge in [0.1, 0.15) is 11.7 Å². The molecule has 1 amide bonds. The van der Waals surface area contributed by atoms with Gasteiger partial charge < -0.3 is 14.6 Å². The molecule has 0 bridgehead atoms. The Bertz CT molecular complexity index is 1190. The van der Waals surface area contributed by atoms with Gasteiger partial charge in [-0.3, -0.25) is 14.6 Å². The third-order valence-corrected chi connectivity index (χ3v) is 6.56. The second-order valence-electron chi connectivity index (χ2n) is 8.90. The van der Waals surface area contributed by atoms with Gasteiger partial charge in [-0.05, 0) is 55.0 Å². The monoisotopic (exact) mass is 443 g/mol. The first kappa shape index (κ1) is 21.6. The summed E-state index contributed by atoms with van der Waals surface area (Å²) in [5.74, 6) is -0.225. The number of aromatic nitrogens is 2. The van der Waals surface area contributed by atoms with Crippen molar-refractivity contribution < 1.29 is 9.53 Å². The molecule has 6 nitrogen and oxygen atoms in total. The molecule has 1 aliphatic heterocycles. The number of ether oxygens (including phenoxy) is 1. The summed E-state index contributed by atoms with van der Waals surface area (Å²) >= 11 is 0. The Morgan fingerprint density at radius 1 is 1.06 bits per heavy atom. The smallest absolute Gasteiger partial charge is 0.261 e. The maximum atomic E-state index is 13.3. The topological polar surface area (TPSA) is 75.3 Å². The highest BCUT2D eigenvalue weighted by atomic mass is 16.5. The van der Waals surface area contributed by atoms with Gasteiger partial charge in [0.15, 0.2) is 0 Å². The number of pyridine rings is 2. The number of carbonyl (C=O) groups excluding carboxylic acids is 1. The first-order valence-electron chi connectivity index (χ1n) is 11.8. The number of morpholine rings is 1. The maximum absolute atomic E-state index is 13.3. The second kappa shape index (κ2) is 9.71. The van der Waals surface area contributed by atoms with Crippen LogP contribution in [0.3, 0.4) is 0 Å². The number of H-pyrrole nitrogens is 1. The number of nitrogens with zero attached hydrogens (tertiary/aromatic N) is 2. The molecule has 170 valence electrons. The molecule has 3 aromatic rings. The fourth-order valence-corrected chi connectivity index (χ4v) is 4.77. The van der Waals surface area contributed by atoms with Crippen molar-refractivity contribution in [1.29, 1.82) is 0 Å². The van der Waals surface area contributed by atoms with Crippen molar-refractivity contribution in [2.24, 2.45) is 0 Å². The third-order valence-electron chi connectivity index (χ3n) is 6.56. The first-order valence-corrected chi connectivity index (χ1v) is 11.8. The van der Waals surface area contributed by atoms with Crippen LogP contribution < -0.4 is 5.56 Å². The summed E-state index contributed by atoms with van der Waals surface area (Å²) < 4.78 is 5.98. The number of benzene rings is 1. The standard InChI is InChI=1S/C27H29N3O3/c31-26-22(17-20-10-5-2-6-12-23(20)29-26)27(32)30-14-15-33-25(18-30)24-13-7-11-21(28-24)16-19-8-3-1-4-9-19/h1,3-4,7-9,11,13,17,25H,2,5-6,10,12,14-16,18H2,(H,29,31). The predicted octanol–water partition coefficient (Wildman–Crippen LogP) is 3.84. The summed E-state index contributed by atoms with van der Waals surface area (Å²) in [5, 5.41) is 0. The molecule has 1 saturated heterocycles. The number of amides is 1. The van der Waals surface area contributed by atoms with E-state index in [1.165, 1.54) is 5.56 Å². The number of hydrogen-bond donors (Lipinski definition) is 1. The molecule has 1 atom stereocenters. The van der Waals surface area contributed by atoms with Crippen molar-refractivity contribution in [3.05, 3.63) is 98.7 Å². The molecule has 1 aromatic carbocycles. The molecule has 1 N–H and O–H groups in total. The quantitative estimate of drug-likeness (QED) is 0.622. The Balaban J connectivity index is 1.33. The van der Waals surface area contributed by atoms with Crippen molar-refractivity contribution in [2.75, 3.05) is 19.7 Å². The lowest BCUT2D eigenvalue weighted by atomic mass is 10.0. The number of fused-ring (bicyclic) bond motifs is 1. The van der Waals surface area contributed by atoms with Crippen molar-refractivity contribution in [3.8, 4) is 0 Å². The molecule has 1 unspecified atom stereocenters. The zero-order valence-corrected chi connectivity index (χ0v) is 18.8. The minimum absolute atomic E-state index is 0.225. The fourth-order valence-electron chi connectivity index (χ4n) is 4.77. The van der Waals surface area contributed by atoms with E-state index < -0.39 is 0 Å². The Morgan fingerprint density at radius 2 is 1.91 bits per heavy atom. The molecular weight excluding hydrogens is 414 g/mol. The minimum atomic E-state index is -0.307. The number of carbonyl (C=O) groups is 1. The van der Waals surface area contributed by atoms with Crippen LogP contribution in [0.1, 0.15) is 63.9 Å². The Kier molecular flexibility index (Phi) is 6.35. The average molecular weight is 444 g/mol. The molecule has 33 heavy (non-hydrogen) atoms. The van der Waals surface area contributed by atoms with Crippen LogP contribution in [0.15, 0.2) is 59.4 Å². The van der Waals surface area contributed by atoms with Crippen molar-refractivity contribution in [2.45, 2.75) is 44.6 Å². The van der Waals surface area contributed by atoms with Gasteiger partial charge in [-0.25, -0.2) is 0 Å². The number of nitrogens with one attached hydrogen (secondary N) is 1. The van der Waals surface area contributed by atoms with Crippen molar-refractivity contribution in [3.63, 3.8) is 0 Å². The number of aryl methyl sites for hydroxylation is 2. The summed E-state index contributed by atoms with van der Waals surface area (Å²) in [6.45, 7) is 1.27. The van der Waals surface area contributed by atoms with Crippen LogP contribution in [0, 0.1) is 0 Å². The Morgan fingerprint density at radius 3 is 2.79 bits per heavy atom. The fraction of sp³-hybridized carbons (Fsp3) is 0.370. The van der Waals surface area contributed by atoms with E-state index in [0.717, 1.165) is 61.2 Å². The first-order chi connectivity index (χ1) is 16.2. The Labute approximate surface area is 193 Å². The molecule has 6 heteroatoms. The van der Waals surface area contributed by atoms with Gasteiger partial charge in [0.25, 0.3) is 11.5 Å². The molecule has 2 aromatic heterocycles. The summed E-state index contributed by atoms with van der Waals surface area (Å²) in [6.07, 6.45) is 5.56. The van der Waals surface area contributed by atoms with E-state index in [0.29, 0.717) is 19.7 Å². The van der Waals surface area contributed by atoms with Gasteiger partial charge in [0.05, 0.1) is 18.8 Å². The summed E-state index contributed by atoms with van der Waals surface area (Å²) in [5.41, 5.74) is 5.04. The van der Waals surface area contributed by atoms with E-state index in [1.54, 1.807) is 4.90 Å². The van der Waals surface area contributed by atoms with Gasteiger partial charge >= 0.3 is 0 Å². The highest BCUT2D eigenvalue weighted by Gasteiger charge is 2.29. The van der Waals surface area contributed by atoms with E-state index in [1.807, 2.05) is 42.5 Å². The summed E-state index contributed by atoms with van der Waals surface area (Å²) in [7, 11) is 0. The molecule has 3 heterocycles. The summed E-state index contributed by atoms with van der Waals surface area (Å²) in [4.78, 5) is 35.5. The zero-order valence-electron chi connectivity index (χ0n) is 18.8. The molecule has 0 saturated carbocycles. The number of rotatable bonds is 4. The van der Waals surface area contributed by atoms with E-state index in [9.17, 15) is 9.59 Å². The van der Waals surface area contributed by atoms with Gasteiger partial charge in [0, 0.05) is 24.4 Å². The SMILES string of the molecule is O=C(c1cc2c([nH]c1=O)CCCCC2)N1CCOC(c2cccc(Cc3ccccc3)n2)C1. The number of aromatic amines is 1.